The van der Waals surface area contributed by atoms with Crippen molar-refractivity contribution in [3.8, 4) is 5.88 Å². The van der Waals surface area contributed by atoms with Crippen LogP contribution in [0.1, 0.15) is 22.3 Å². The maximum atomic E-state index is 12.6. The number of nitrogens with one attached hydrogen (secondary N) is 1. The molecule has 0 spiro atoms. The number of nitrogens with zero attached hydrogens (tertiary/aromatic N) is 1. The Morgan fingerprint density at radius 1 is 1.39 bits per heavy atom. The molecule has 0 unspecified atom stereocenters. The average Bonchev–Trinajstić information content (AvgIpc) is 3.05. The van der Waals surface area contributed by atoms with Gasteiger partial charge in [-0.3, -0.25) is 4.79 Å². The van der Waals surface area contributed by atoms with Gasteiger partial charge in [0.05, 0.1) is 0 Å². The molecule has 4 nitrogen and oxygen atoms in total. The third-order valence-corrected chi connectivity index (χ3v) is 5.69. The van der Waals surface area contributed by atoms with Crippen LogP contribution < -0.4 is 10.1 Å². The molecule has 0 bridgehead atoms. The van der Waals surface area contributed by atoms with Gasteiger partial charge in [0, 0.05) is 22.1 Å². The zero-order valence-corrected chi connectivity index (χ0v) is 15.1. The second-order valence-electron chi connectivity index (χ2n) is 5.33. The van der Waals surface area contributed by atoms with Crippen LogP contribution in [0.3, 0.4) is 0 Å². The molecule has 1 fully saturated rings. The van der Waals surface area contributed by atoms with Crippen molar-refractivity contribution in [2.24, 2.45) is 0 Å². The average molecular weight is 393 g/mol. The first kappa shape index (κ1) is 16.3. The van der Waals surface area contributed by atoms with E-state index in [-0.39, 0.29) is 12.0 Å². The van der Waals surface area contributed by atoms with Crippen molar-refractivity contribution < 1.29 is 9.53 Å². The summed E-state index contributed by atoms with van der Waals surface area (Å²) in [6.07, 6.45) is 2.78. The van der Waals surface area contributed by atoms with Gasteiger partial charge in [-0.2, -0.15) is 11.8 Å². The van der Waals surface area contributed by atoms with Crippen molar-refractivity contribution in [2.45, 2.75) is 19.4 Å². The molecular formula is C17H17BrN2O2S. The number of hydrogen-bond acceptors (Lipinski definition) is 4. The van der Waals surface area contributed by atoms with E-state index in [0.717, 1.165) is 33.7 Å². The SMILES string of the molecule is Cc1c(Br)cccc1NC(=O)c1cccnc1O[C@@H]1CCSC1. The van der Waals surface area contributed by atoms with E-state index in [0.29, 0.717) is 11.4 Å². The molecule has 23 heavy (non-hydrogen) atoms. The van der Waals surface area contributed by atoms with Crippen molar-refractivity contribution in [3.05, 3.63) is 52.1 Å². The van der Waals surface area contributed by atoms with Crippen LogP contribution in [-0.2, 0) is 0 Å². The molecule has 1 N–H and O–H groups in total. The van der Waals surface area contributed by atoms with Crippen molar-refractivity contribution in [2.75, 3.05) is 16.8 Å². The first-order valence-corrected chi connectivity index (χ1v) is 9.36. The minimum atomic E-state index is -0.208. The van der Waals surface area contributed by atoms with Gasteiger partial charge in [0.1, 0.15) is 11.7 Å². The van der Waals surface area contributed by atoms with Gasteiger partial charge in [-0.25, -0.2) is 4.98 Å². The van der Waals surface area contributed by atoms with E-state index in [1.54, 1.807) is 18.3 Å². The lowest BCUT2D eigenvalue weighted by Gasteiger charge is -2.15. The number of thioether (sulfide) groups is 1. The molecule has 1 aliphatic heterocycles. The quantitative estimate of drug-likeness (QED) is 0.842. The second kappa shape index (κ2) is 7.36. The fourth-order valence-corrected chi connectivity index (χ4v) is 3.81. The van der Waals surface area contributed by atoms with Gasteiger partial charge in [0.15, 0.2) is 0 Å². The smallest absolute Gasteiger partial charge is 0.261 e. The third kappa shape index (κ3) is 3.87. The first-order valence-electron chi connectivity index (χ1n) is 7.41. The summed E-state index contributed by atoms with van der Waals surface area (Å²) >= 11 is 5.34. The zero-order valence-electron chi connectivity index (χ0n) is 12.7. The Morgan fingerprint density at radius 2 is 2.26 bits per heavy atom. The molecule has 2 heterocycles. The van der Waals surface area contributed by atoms with E-state index in [1.165, 1.54) is 0 Å². The van der Waals surface area contributed by atoms with Gasteiger partial charge in [-0.05, 0) is 48.9 Å². The molecule has 2 aromatic rings. The fraction of sp³-hybridized carbons (Fsp3) is 0.294. The number of anilines is 1. The second-order valence-corrected chi connectivity index (χ2v) is 7.33. The van der Waals surface area contributed by atoms with E-state index < -0.39 is 0 Å². The van der Waals surface area contributed by atoms with Gasteiger partial charge in [-0.1, -0.05) is 22.0 Å². The number of benzene rings is 1. The number of aromatic nitrogens is 1. The number of amides is 1. The van der Waals surface area contributed by atoms with Crippen LogP contribution in [0, 0.1) is 6.92 Å². The van der Waals surface area contributed by atoms with Gasteiger partial charge < -0.3 is 10.1 Å². The standard InChI is InChI=1S/C17H17BrN2O2S/c1-11-14(18)5-2-6-15(11)20-16(21)13-4-3-8-19-17(13)22-12-7-9-23-10-12/h2-6,8,12H,7,9-10H2,1H3,(H,20,21)/t12-/m1/s1. The molecule has 6 heteroatoms. The summed E-state index contributed by atoms with van der Waals surface area (Å²) in [7, 11) is 0. The Morgan fingerprint density at radius 3 is 3.04 bits per heavy atom. The molecular weight excluding hydrogens is 376 g/mol. The molecule has 3 rings (SSSR count). The molecule has 0 saturated carbocycles. The highest BCUT2D eigenvalue weighted by Crippen LogP contribution is 2.27. The number of halogens is 1. The summed E-state index contributed by atoms with van der Waals surface area (Å²) < 4.78 is 6.88. The molecule has 1 aromatic carbocycles. The van der Waals surface area contributed by atoms with Crippen LogP contribution in [0.25, 0.3) is 0 Å². The van der Waals surface area contributed by atoms with Gasteiger partial charge >= 0.3 is 0 Å². The number of pyridine rings is 1. The highest BCUT2D eigenvalue weighted by molar-refractivity contribution is 9.10. The maximum absolute atomic E-state index is 12.6. The van der Waals surface area contributed by atoms with Gasteiger partial charge in [0.2, 0.25) is 5.88 Å². The Kier molecular flexibility index (Phi) is 5.23. The largest absolute Gasteiger partial charge is 0.473 e. The molecule has 1 aliphatic rings. The monoisotopic (exact) mass is 392 g/mol. The molecule has 1 aromatic heterocycles. The van der Waals surface area contributed by atoms with Crippen LogP contribution in [0.5, 0.6) is 5.88 Å². The van der Waals surface area contributed by atoms with E-state index in [2.05, 4.69) is 26.2 Å². The van der Waals surface area contributed by atoms with E-state index in [4.69, 9.17) is 4.74 Å². The lowest BCUT2D eigenvalue weighted by molar-refractivity contribution is 0.101. The van der Waals surface area contributed by atoms with E-state index >= 15 is 0 Å². The minimum absolute atomic E-state index is 0.133. The summed E-state index contributed by atoms with van der Waals surface area (Å²) in [6.45, 7) is 1.95. The zero-order chi connectivity index (χ0) is 16.2. The normalized spacial score (nSPS) is 17.0. The summed E-state index contributed by atoms with van der Waals surface area (Å²) in [5.74, 6) is 2.24. The minimum Gasteiger partial charge on any atom is -0.473 e. The van der Waals surface area contributed by atoms with Gasteiger partial charge in [0.25, 0.3) is 5.91 Å². The van der Waals surface area contributed by atoms with E-state index in [9.17, 15) is 4.79 Å². The van der Waals surface area contributed by atoms with Crippen molar-refractivity contribution in [3.63, 3.8) is 0 Å². The van der Waals surface area contributed by atoms with Gasteiger partial charge in [-0.15, -0.1) is 0 Å². The lowest BCUT2D eigenvalue weighted by Crippen LogP contribution is -2.20. The summed E-state index contributed by atoms with van der Waals surface area (Å²) in [4.78, 5) is 16.9. The van der Waals surface area contributed by atoms with Crippen LogP contribution in [-0.4, -0.2) is 28.5 Å². The topological polar surface area (TPSA) is 51.2 Å². The molecule has 1 saturated heterocycles. The molecule has 1 amide bonds. The molecule has 0 radical (unpaired) electrons. The van der Waals surface area contributed by atoms with E-state index in [1.807, 2.05) is 36.9 Å². The number of ether oxygens (including phenoxy) is 1. The van der Waals surface area contributed by atoms with Crippen molar-refractivity contribution >= 4 is 39.3 Å². The molecule has 120 valence electrons. The maximum Gasteiger partial charge on any atom is 0.261 e. The fourth-order valence-electron chi connectivity index (χ4n) is 2.35. The Labute approximate surface area is 148 Å². The molecule has 1 atom stereocenters. The van der Waals surface area contributed by atoms with Crippen molar-refractivity contribution in [1.29, 1.82) is 0 Å². The molecule has 0 aliphatic carbocycles. The highest BCUT2D eigenvalue weighted by Gasteiger charge is 2.21. The van der Waals surface area contributed by atoms with Crippen LogP contribution in [0.2, 0.25) is 0 Å². The summed E-state index contributed by atoms with van der Waals surface area (Å²) in [6, 6.07) is 9.21. The van der Waals surface area contributed by atoms with Crippen LogP contribution in [0.4, 0.5) is 5.69 Å². The Balaban J connectivity index is 1.80. The predicted molar refractivity (Wildman–Crippen MR) is 97.4 cm³/mol. The predicted octanol–water partition coefficient (Wildman–Crippen LogP) is 4.29. The number of carbonyl (C=O) groups excluding carboxylic acids is 1. The lowest BCUT2D eigenvalue weighted by atomic mass is 10.2. The number of hydrogen-bond donors (Lipinski definition) is 1. The Bertz CT molecular complexity index is 717. The first-order chi connectivity index (χ1) is 11.1. The third-order valence-electron chi connectivity index (χ3n) is 3.70. The Hall–Kier alpha value is -1.53. The van der Waals surface area contributed by atoms with Crippen LogP contribution >= 0.6 is 27.7 Å². The summed E-state index contributed by atoms with van der Waals surface area (Å²) in [5.41, 5.74) is 2.22. The van der Waals surface area contributed by atoms with Crippen LogP contribution in [0.15, 0.2) is 41.0 Å². The van der Waals surface area contributed by atoms with Crippen molar-refractivity contribution in [1.82, 2.24) is 4.98 Å². The number of carbonyl (C=O) groups is 1. The highest BCUT2D eigenvalue weighted by atomic mass is 79.9. The number of rotatable bonds is 4. The summed E-state index contributed by atoms with van der Waals surface area (Å²) in [5, 5.41) is 2.94.